The standard InChI is InChI=1S/C14H21NO/c1-2-16-11-10-15-14-9-5-7-12-6-3-4-8-13(12)14/h3-4,6,8,14-15H,2,5,7,9-11H2,1H3. The summed E-state index contributed by atoms with van der Waals surface area (Å²) >= 11 is 0. The molecule has 0 radical (unpaired) electrons. The number of nitrogens with one attached hydrogen (secondary N) is 1. The summed E-state index contributed by atoms with van der Waals surface area (Å²) in [5.74, 6) is 0. The van der Waals surface area contributed by atoms with Crippen molar-refractivity contribution in [3.63, 3.8) is 0 Å². The number of aryl methyl sites for hydroxylation is 1. The van der Waals surface area contributed by atoms with Gasteiger partial charge in [-0.05, 0) is 37.3 Å². The molecule has 2 nitrogen and oxygen atoms in total. The van der Waals surface area contributed by atoms with Crippen LogP contribution in [0.1, 0.15) is 36.9 Å². The minimum Gasteiger partial charge on any atom is -0.380 e. The van der Waals surface area contributed by atoms with E-state index in [1.807, 2.05) is 6.92 Å². The molecule has 0 heterocycles. The molecule has 0 spiro atoms. The van der Waals surface area contributed by atoms with Crippen molar-refractivity contribution in [3.8, 4) is 0 Å². The van der Waals surface area contributed by atoms with Crippen molar-refractivity contribution < 1.29 is 4.74 Å². The maximum absolute atomic E-state index is 5.35. The Kier molecular flexibility index (Phi) is 4.37. The van der Waals surface area contributed by atoms with Crippen LogP contribution in [-0.2, 0) is 11.2 Å². The molecule has 2 rings (SSSR count). The van der Waals surface area contributed by atoms with E-state index in [0.717, 1.165) is 19.8 Å². The summed E-state index contributed by atoms with van der Waals surface area (Å²) in [6.45, 7) is 4.61. The predicted octanol–water partition coefficient (Wildman–Crippen LogP) is 2.69. The molecule has 2 heteroatoms. The summed E-state index contributed by atoms with van der Waals surface area (Å²) in [6, 6.07) is 9.33. The van der Waals surface area contributed by atoms with E-state index in [4.69, 9.17) is 4.74 Å². The molecular formula is C14H21NO. The average Bonchev–Trinajstić information content (AvgIpc) is 2.35. The van der Waals surface area contributed by atoms with Gasteiger partial charge >= 0.3 is 0 Å². The summed E-state index contributed by atoms with van der Waals surface area (Å²) in [7, 11) is 0. The lowest BCUT2D eigenvalue weighted by Gasteiger charge is -2.26. The molecule has 1 unspecified atom stereocenters. The molecule has 1 aromatic rings. The molecule has 0 aromatic heterocycles. The summed E-state index contributed by atoms with van der Waals surface area (Å²) in [4.78, 5) is 0. The summed E-state index contributed by atoms with van der Waals surface area (Å²) in [6.07, 6.45) is 3.78. The Morgan fingerprint density at radius 1 is 1.38 bits per heavy atom. The lowest BCUT2D eigenvalue weighted by atomic mass is 9.88. The van der Waals surface area contributed by atoms with Crippen LogP contribution < -0.4 is 5.32 Å². The maximum Gasteiger partial charge on any atom is 0.0590 e. The first-order valence-corrected chi connectivity index (χ1v) is 6.30. The normalized spacial score (nSPS) is 19.4. The van der Waals surface area contributed by atoms with Crippen molar-refractivity contribution >= 4 is 0 Å². The zero-order chi connectivity index (χ0) is 11.2. The summed E-state index contributed by atoms with van der Waals surface area (Å²) < 4.78 is 5.35. The van der Waals surface area contributed by atoms with E-state index >= 15 is 0 Å². The van der Waals surface area contributed by atoms with Crippen LogP contribution >= 0.6 is 0 Å². The Morgan fingerprint density at radius 3 is 3.12 bits per heavy atom. The van der Waals surface area contributed by atoms with E-state index in [0.29, 0.717) is 6.04 Å². The molecule has 0 amide bonds. The minimum atomic E-state index is 0.533. The number of hydrogen-bond donors (Lipinski definition) is 1. The highest BCUT2D eigenvalue weighted by Gasteiger charge is 2.18. The van der Waals surface area contributed by atoms with Gasteiger partial charge in [-0.15, -0.1) is 0 Å². The van der Waals surface area contributed by atoms with E-state index in [2.05, 4.69) is 29.6 Å². The fourth-order valence-electron chi connectivity index (χ4n) is 2.42. The third kappa shape index (κ3) is 2.83. The second kappa shape index (κ2) is 6.02. The molecule has 0 saturated heterocycles. The molecular weight excluding hydrogens is 198 g/mol. The molecule has 0 bridgehead atoms. The fraction of sp³-hybridized carbons (Fsp3) is 0.571. The average molecular weight is 219 g/mol. The van der Waals surface area contributed by atoms with Gasteiger partial charge in [0.25, 0.3) is 0 Å². The molecule has 0 saturated carbocycles. The van der Waals surface area contributed by atoms with Crippen molar-refractivity contribution in [1.82, 2.24) is 5.32 Å². The minimum absolute atomic E-state index is 0.533. The van der Waals surface area contributed by atoms with Gasteiger partial charge in [-0.25, -0.2) is 0 Å². The number of fused-ring (bicyclic) bond motifs is 1. The lowest BCUT2D eigenvalue weighted by molar-refractivity contribution is 0.146. The molecule has 0 aliphatic heterocycles. The second-order valence-electron chi connectivity index (χ2n) is 4.29. The molecule has 1 aliphatic rings. The zero-order valence-electron chi connectivity index (χ0n) is 10.0. The topological polar surface area (TPSA) is 21.3 Å². The fourth-order valence-corrected chi connectivity index (χ4v) is 2.42. The molecule has 1 aliphatic carbocycles. The molecule has 1 N–H and O–H groups in total. The van der Waals surface area contributed by atoms with Crippen molar-refractivity contribution in [2.24, 2.45) is 0 Å². The van der Waals surface area contributed by atoms with E-state index < -0.39 is 0 Å². The van der Waals surface area contributed by atoms with Gasteiger partial charge in [-0.2, -0.15) is 0 Å². The van der Waals surface area contributed by atoms with Gasteiger partial charge in [0, 0.05) is 19.2 Å². The zero-order valence-corrected chi connectivity index (χ0v) is 10.0. The van der Waals surface area contributed by atoms with Gasteiger partial charge in [-0.3, -0.25) is 0 Å². The summed E-state index contributed by atoms with van der Waals surface area (Å²) in [5.41, 5.74) is 3.01. The first-order chi connectivity index (χ1) is 7.92. The van der Waals surface area contributed by atoms with Crippen LogP contribution in [0.2, 0.25) is 0 Å². The van der Waals surface area contributed by atoms with E-state index in [1.165, 1.54) is 30.4 Å². The van der Waals surface area contributed by atoms with Crippen LogP contribution in [0, 0.1) is 0 Å². The first kappa shape index (κ1) is 11.6. The lowest BCUT2D eigenvalue weighted by Crippen LogP contribution is -2.28. The van der Waals surface area contributed by atoms with Crippen molar-refractivity contribution in [2.45, 2.75) is 32.2 Å². The third-order valence-electron chi connectivity index (χ3n) is 3.21. The van der Waals surface area contributed by atoms with Gasteiger partial charge < -0.3 is 10.1 Å². The van der Waals surface area contributed by atoms with Crippen LogP contribution in [0.3, 0.4) is 0 Å². The Labute approximate surface area is 98.0 Å². The van der Waals surface area contributed by atoms with Crippen LogP contribution in [0.15, 0.2) is 24.3 Å². The molecule has 88 valence electrons. The molecule has 16 heavy (non-hydrogen) atoms. The van der Waals surface area contributed by atoms with E-state index in [-0.39, 0.29) is 0 Å². The van der Waals surface area contributed by atoms with Gasteiger partial charge in [0.15, 0.2) is 0 Å². The van der Waals surface area contributed by atoms with Crippen LogP contribution in [-0.4, -0.2) is 19.8 Å². The highest BCUT2D eigenvalue weighted by atomic mass is 16.5. The smallest absolute Gasteiger partial charge is 0.0590 e. The Morgan fingerprint density at radius 2 is 2.25 bits per heavy atom. The third-order valence-corrected chi connectivity index (χ3v) is 3.21. The Bertz CT molecular complexity index is 324. The van der Waals surface area contributed by atoms with Crippen molar-refractivity contribution in [2.75, 3.05) is 19.8 Å². The number of rotatable bonds is 5. The van der Waals surface area contributed by atoms with Crippen LogP contribution in [0.4, 0.5) is 0 Å². The molecule has 1 aromatic carbocycles. The molecule has 1 atom stereocenters. The maximum atomic E-state index is 5.35. The van der Waals surface area contributed by atoms with Crippen molar-refractivity contribution in [3.05, 3.63) is 35.4 Å². The highest BCUT2D eigenvalue weighted by molar-refractivity contribution is 5.32. The van der Waals surface area contributed by atoms with Gasteiger partial charge in [0.1, 0.15) is 0 Å². The Hall–Kier alpha value is -0.860. The number of hydrogen-bond acceptors (Lipinski definition) is 2. The van der Waals surface area contributed by atoms with E-state index in [9.17, 15) is 0 Å². The first-order valence-electron chi connectivity index (χ1n) is 6.30. The predicted molar refractivity (Wildman–Crippen MR) is 66.6 cm³/mol. The highest BCUT2D eigenvalue weighted by Crippen LogP contribution is 2.28. The molecule has 0 fully saturated rings. The monoisotopic (exact) mass is 219 g/mol. The number of benzene rings is 1. The largest absolute Gasteiger partial charge is 0.380 e. The van der Waals surface area contributed by atoms with Gasteiger partial charge in [-0.1, -0.05) is 24.3 Å². The second-order valence-corrected chi connectivity index (χ2v) is 4.29. The van der Waals surface area contributed by atoms with Crippen LogP contribution in [0.25, 0.3) is 0 Å². The Balaban J connectivity index is 1.91. The van der Waals surface area contributed by atoms with Crippen LogP contribution in [0.5, 0.6) is 0 Å². The van der Waals surface area contributed by atoms with Gasteiger partial charge in [0.05, 0.1) is 6.61 Å². The van der Waals surface area contributed by atoms with Crippen molar-refractivity contribution in [1.29, 1.82) is 0 Å². The number of ether oxygens (including phenoxy) is 1. The van der Waals surface area contributed by atoms with Gasteiger partial charge in [0.2, 0.25) is 0 Å². The van der Waals surface area contributed by atoms with E-state index in [1.54, 1.807) is 0 Å². The SMILES string of the molecule is CCOCCNC1CCCc2ccccc21. The summed E-state index contributed by atoms with van der Waals surface area (Å²) in [5, 5.41) is 3.59. The quantitative estimate of drug-likeness (QED) is 0.769.